The Kier molecular flexibility index (Phi) is 6.09. The van der Waals surface area contributed by atoms with Crippen molar-refractivity contribution in [2.75, 3.05) is 11.9 Å². The number of aliphatic hydroxyl groups is 1. The van der Waals surface area contributed by atoms with Crippen molar-refractivity contribution in [3.05, 3.63) is 66.2 Å². The fourth-order valence-electron chi connectivity index (χ4n) is 2.33. The molecular formula is C19H22N2O3. The van der Waals surface area contributed by atoms with Gasteiger partial charge in [0.25, 0.3) is 0 Å². The first-order chi connectivity index (χ1) is 11.5. The van der Waals surface area contributed by atoms with Gasteiger partial charge in [0.15, 0.2) is 0 Å². The third kappa shape index (κ3) is 5.52. The summed E-state index contributed by atoms with van der Waals surface area (Å²) in [5, 5.41) is 15.8. The van der Waals surface area contributed by atoms with E-state index in [1.165, 1.54) is 0 Å². The first-order valence-electron chi connectivity index (χ1n) is 7.87. The van der Waals surface area contributed by atoms with Crippen LogP contribution in [-0.4, -0.2) is 23.5 Å². The molecule has 2 rings (SSSR count). The van der Waals surface area contributed by atoms with Crippen LogP contribution in [0.15, 0.2) is 60.7 Å². The van der Waals surface area contributed by atoms with Crippen molar-refractivity contribution in [3.8, 4) is 0 Å². The lowest BCUT2D eigenvalue weighted by molar-refractivity contribution is -0.125. The van der Waals surface area contributed by atoms with E-state index in [0.717, 1.165) is 5.69 Å². The van der Waals surface area contributed by atoms with Crippen molar-refractivity contribution < 1.29 is 14.7 Å². The van der Waals surface area contributed by atoms with Crippen LogP contribution in [0.5, 0.6) is 0 Å². The van der Waals surface area contributed by atoms with Gasteiger partial charge in [-0.05, 0) is 24.6 Å². The summed E-state index contributed by atoms with van der Waals surface area (Å²) in [6.45, 7) is 1.83. The molecule has 5 nitrogen and oxygen atoms in total. The van der Waals surface area contributed by atoms with Gasteiger partial charge in [-0.3, -0.25) is 9.59 Å². The molecular weight excluding hydrogens is 304 g/mol. The second-order valence-electron chi connectivity index (χ2n) is 5.83. The van der Waals surface area contributed by atoms with Gasteiger partial charge in [0.2, 0.25) is 11.8 Å². The number of nitrogens with one attached hydrogen (secondary N) is 2. The minimum atomic E-state index is -1.24. The van der Waals surface area contributed by atoms with E-state index in [4.69, 9.17) is 0 Å². The molecule has 1 atom stereocenters. The zero-order valence-corrected chi connectivity index (χ0v) is 13.7. The van der Waals surface area contributed by atoms with Gasteiger partial charge in [-0.2, -0.15) is 0 Å². The van der Waals surface area contributed by atoms with Gasteiger partial charge in [0.05, 0.1) is 12.0 Å². The molecule has 0 saturated carbocycles. The van der Waals surface area contributed by atoms with Crippen molar-refractivity contribution in [1.82, 2.24) is 5.32 Å². The molecule has 2 aromatic carbocycles. The van der Waals surface area contributed by atoms with Crippen LogP contribution >= 0.6 is 0 Å². The van der Waals surface area contributed by atoms with Crippen molar-refractivity contribution in [3.63, 3.8) is 0 Å². The topological polar surface area (TPSA) is 78.4 Å². The predicted octanol–water partition coefficient (Wildman–Crippen LogP) is 2.43. The lowest BCUT2D eigenvalue weighted by Gasteiger charge is -2.23. The molecule has 0 aliphatic rings. The molecule has 3 N–H and O–H groups in total. The summed E-state index contributed by atoms with van der Waals surface area (Å²) in [5.41, 5.74) is 0.167. The SMILES string of the molecule is CC(O)(CC(=O)NCCC(=O)Nc1ccccc1)c1ccccc1. The van der Waals surface area contributed by atoms with Gasteiger partial charge in [0.1, 0.15) is 0 Å². The molecule has 2 aromatic rings. The van der Waals surface area contributed by atoms with E-state index in [2.05, 4.69) is 10.6 Å². The molecule has 5 heteroatoms. The van der Waals surface area contributed by atoms with Crippen molar-refractivity contribution in [2.24, 2.45) is 0 Å². The quantitative estimate of drug-likeness (QED) is 0.731. The van der Waals surface area contributed by atoms with Crippen LogP contribution in [-0.2, 0) is 15.2 Å². The number of anilines is 1. The third-order valence-corrected chi connectivity index (χ3v) is 3.63. The average Bonchev–Trinajstić information content (AvgIpc) is 2.56. The highest BCUT2D eigenvalue weighted by Gasteiger charge is 2.26. The molecule has 0 aromatic heterocycles. The minimum absolute atomic E-state index is 0.0582. The van der Waals surface area contributed by atoms with E-state index in [1.807, 2.05) is 36.4 Å². The molecule has 1 unspecified atom stereocenters. The molecule has 0 radical (unpaired) electrons. The van der Waals surface area contributed by atoms with E-state index in [0.29, 0.717) is 5.56 Å². The van der Waals surface area contributed by atoms with Crippen LogP contribution in [0.1, 0.15) is 25.3 Å². The second-order valence-corrected chi connectivity index (χ2v) is 5.83. The number of benzene rings is 2. The summed E-state index contributed by atoms with van der Waals surface area (Å²) in [6, 6.07) is 18.2. The fourth-order valence-corrected chi connectivity index (χ4v) is 2.33. The maximum Gasteiger partial charge on any atom is 0.226 e. The lowest BCUT2D eigenvalue weighted by atomic mass is 9.92. The van der Waals surface area contributed by atoms with Crippen LogP contribution in [0.2, 0.25) is 0 Å². The highest BCUT2D eigenvalue weighted by Crippen LogP contribution is 2.23. The molecule has 126 valence electrons. The summed E-state index contributed by atoms with van der Waals surface area (Å²) >= 11 is 0. The van der Waals surface area contributed by atoms with Gasteiger partial charge < -0.3 is 15.7 Å². The number of para-hydroxylation sites is 1. The van der Waals surface area contributed by atoms with Gasteiger partial charge in [-0.15, -0.1) is 0 Å². The molecule has 0 fully saturated rings. The molecule has 24 heavy (non-hydrogen) atoms. The molecule has 0 saturated heterocycles. The summed E-state index contributed by atoms with van der Waals surface area (Å²) in [6.07, 6.45) is 0.116. The van der Waals surface area contributed by atoms with Crippen LogP contribution < -0.4 is 10.6 Å². The smallest absolute Gasteiger partial charge is 0.226 e. The number of hydrogen-bond donors (Lipinski definition) is 3. The maximum absolute atomic E-state index is 12.0. The first-order valence-corrected chi connectivity index (χ1v) is 7.87. The van der Waals surface area contributed by atoms with Gasteiger partial charge in [0, 0.05) is 18.7 Å². The Bertz CT molecular complexity index is 670. The lowest BCUT2D eigenvalue weighted by Crippen LogP contribution is -2.34. The Morgan fingerprint density at radius 3 is 2.17 bits per heavy atom. The first kappa shape index (κ1) is 17.7. The Labute approximate surface area is 141 Å². The van der Waals surface area contributed by atoms with E-state index in [1.54, 1.807) is 31.2 Å². The van der Waals surface area contributed by atoms with Crippen LogP contribution in [0.4, 0.5) is 5.69 Å². The van der Waals surface area contributed by atoms with E-state index < -0.39 is 5.60 Å². The Balaban J connectivity index is 1.74. The highest BCUT2D eigenvalue weighted by atomic mass is 16.3. The zero-order valence-electron chi connectivity index (χ0n) is 13.7. The van der Waals surface area contributed by atoms with E-state index in [-0.39, 0.29) is 31.2 Å². The van der Waals surface area contributed by atoms with Gasteiger partial charge >= 0.3 is 0 Å². The largest absolute Gasteiger partial charge is 0.385 e. The normalized spacial score (nSPS) is 12.9. The number of amides is 2. The number of rotatable bonds is 7. The minimum Gasteiger partial charge on any atom is -0.385 e. The second kappa shape index (κ2) is 8.26. The molecule has 0 aliphatic carbocycles. The average molecular weight is 326 g/mol. The van der Waals surface area contributed by atoms with Crippen molar-refractivity contribution >= 4 is 17.5 Å². The fraction of sp³-hybridized carbons (Fsp3) is 0.263. The predicted molar refractivity (Wildman–Crippen MR) is 93.3 cm³/mol. The summed E-state index contributed by atoms with van der Waals surface area (Å²) in [4.78, 5) is 23.8. The van der Waals surface area contributed by atoms with Crippen molar-refractivity contribution in [1.29, 1.82) is 0 Å². The number of carbonyl (C=O) groups excluding carboxylic acids is 2. The molecule has 0 aliphatic heterocycles. The number of carbonyl (C=O) groups is 2. The summed E-state index contributed by atoms with van der Waals surface area (Å²) in [7, 11) is 0. The van der Waals surface area contributed by atoms with E-state index >= 15 is 0 Å². The summed E-state index contributed by atoms with van der Waals surface area (Å²) in [5.74, 6) is -0.465. The van der Waals surface area contributed by atoms with E-state index in [9.17, 15) is 14.7 Å². The van der Waals surface area contributed by atoms with Crippen LogP contribution in [0, 0.1) is 0 Å². The van der Waals surface area contributed by atoms with Crippen LogP contribution in [0.3, 0.4) is 0 Å². The highest BCUT2D eigenvalue weighted by molar-refractivity contribution is 5.91. The third-order valence-electron chi connectivity index (χ3n) is 3.63. The van der Waals surface area contributed by atoms with Gasteiger partial charge in [-0.1, -0.05) is 48.5 Å². The Morgan fingerprint density at radius 1 is 0.958 bits per heavy atom. The molecule has 0 heterocycles. The monoisotopic (exact) mass is 326 g/mol. The standard InChI is InChI=1S/C19H22N2O3/c1-19(24,15-8-4-2-5-9-15)14-18(23)20-13-12-17(22)21-16-10-6-3-7-11-16/h2-11,24H,12-14H2,1H3,(H,20,23)(H,21,22). The van der Waals surface area contributed by atoms with Crippen LogP contribution in [0.25, 0.3) is 0 Å². The van der Waals surface area contributed by atoms with Crippen molar-refractivity contribution in [2.45, 2.75) is 25.4 Å². The molecule has 0 bridgehead atoms. The maximum atomic E-state index is 12.0. The van der Waals surface area contributed by atoms with Gasteiger partial charge in [-0.25, -0.2) is 0 Å². The molecule has 0 spiro atoms. The zero-order chi connectivity index (χ0) is 17.4. The summed E-state index contributed by atoms with van der Waals surface area (Å²) < 4.78 is 0. The number of hydrogen-bond acceptors (Lipinski definition) is 3. The Hall–Kier alpha value is -2.66. The molecule has 2 amide bonds. The Morgan fingerprint density at radius 2 is 1.54 bits per heavy atom.